The second kappa shape index (κ2) is 30.0. The van der Waals surface area contributed by atoms with Gasteiger partial charge in [0.25, 0.3) is 0 Å². The van der Waals surface area contributed by atoms with Gasteiger partial charge >= 0.3 is 85.3 Å². The van der Waals surface area contributed by atoms with E-state index in [4.69, 9.17) is 12.8 Å². The summed E-state index contributed by atoms with van der Waals surface area (Å²) >= 11 is 0. The Labute approximate surface area is 230 Å². The Morgan fingerprint density at radius 1 is 0.621 bits per heavy atom. The second-order valence-corrected chi connectivity index (χ2v) is 4.52. The molecule has 0 heterocycles. The van der Waals surface area contributed by atoms with E-state index in [1.807, 2.05) is 111 Å². The van der Waals surface area contributed by atoms with Crippen LogP contribution in [0, 0.1) is 56.8 Å². The van der Waals surface area contributed by atoms with Crippen LogP contribution in [0.15, 0.2) is 78.9 Å². The summed E-state index contributed by atoms with van der Waals surface area (Å²) in [5.41, 5.74) is 1.69. The summed E-state index contributed by atoms with van der Waals surface area (Å²) in [4.78, 5) is 0. The molecule has 1 aliphatic rings. The Morgan fingerprint density at radius 2 is 1.03 bits per heavy atom. The topological polar surface area (TPSA) is 0 Å². The van der Waals surface area contributed by atoms with Gasteiger partial charge in [0.2, 0.25) is 0 Å². The van der Waals surface area contributed by atoms with Crippen LogP contribution in [0.3, 0.4) is 0 Å². The predicted molar refractivity (Wildman–Crippen MR) is 100 cm³/mol. The van der Waals surface area contributed by atoms with Gasteiger partial charge in [0.05, 0.1) is 0 Å². The van der Waals surface area contributed by atoms with E-state index in [-0.39, 0.29) is 85.3 Å². The second-order valence-electron chi connectivity index (χ2n) is 4.52. The Hall–Kier alpha value is -0.233. The summed E-state index contributed by atoms with van der Waals surface area (Å²) in [5, 5.41) is 0. The summed E-state index contributed by atoms with van der Waals surface area (Å²) in [6.45, 7) is 0. The molecule has 0 unspecified atom stereocenters. The molecular weight excluding hydrogens is 591 g/mol. The van der Waals surface area contributed by atoms with Crippen LogP contribution in [0.5, 0.6) is 0 Å². The molecule has 4 radical (unpaired) electrons. The average molecular weight is 609 g/mol. The maximum absolute atomic E-state index is 6.61. The van der Waals surface area contributed by atoms with E-state index in [1.165, 1.54) is 0 Å². The molecule has 1 saturated carbocycles. The van der Waals surface area contributed by atoms with Crippen LogP contribution in [-0.2, 0) is 85.3 Å². The molecule has 0 saturated heterocycles. The first-order chi connectivity index (χ1) is 11.9. The van der Waals surface area contributed by atoms with Crippen LogP contribution in [0.25, 0.3) is 0 Å². The Kier molecular flexibility index (Phi) is 40.6. The van der Waals surface area contributed by atoms with E-state index in [9.17, 15) is 0 Å². The van der Waals surface area contributed by atoms with Crippen LogP contribution in [0.1, 0.15) is 11.1 Å². The smallest absolute Gasteiger partial charge is 0.360 e. The number of hydrogen-bond acceptors (Lipinski definition) is 0. The molecule has 29 heavy (non-hydrogen) atoms. The average Bonchev–Trinajstić information content (AvgIpc) is 3.46. The third kappa shape index (κ3) is 23.9. The zero-order chi connectivity index (χ0) is 17.3. The molecule has 1 fully saturated rings. The SMILES string of the molecule is [C-]#Cc1cc[cH-]c1.[C-]#Cc1cc[cH-]c1.[CH]1[CH][CH][CH-][CH]1.[Cu+].[Cu+].[Cu+].[Fe+2].[Fe+2].c1cc[cH-]c1. The molecule has 4 rings (SSSR count). The molecule has 3 aromatic carbocycles. The van der Waals surface area contributed by atoms with Gasteiger partial charge in [-0.1, -0.05) is 12.8 Å². The Morgan fingerprint density at radius 3 is 1.17 bits per heavy atom. The molecule has 0 bridgehead atoms. The predicted octanol–water partition coefficient (Wildman–Crippen LogP) is 5.10. The molecule has 0 aromatic heterocycles. The largest absolute Gasteiger partial charge is 2.00 e. The molecule has 162 valence electrons. The minimum atomic E-state index is 0. The number of rotatable bonds is 0. The maximum Gasteiger partial charge on any atom is 2.00 e. The van der Waals surface area contributed by atoms with Gasteiger partial charge in [-0.25, -0.2) is 24.3 Å². The van der Waals surface area contributed by atoms with Gasteiger partial charge in [-0.05, 0) is 0 Å². The minimum absolute atomic E-state index is 0. The molecule has 0 amide bonds. The van der Waals surface area contributed by atoms with Crippen molar-refractivity contribution in [1.82, 2.24) is 0 Å². The quantitative estimate of drug-likeness (QED) is 0.189. The van der Waals surface area contributed by atoms with Crippen molar-refractivity contribution in [3.05, 3.63) is 135 Å². The zero-order valence-corrected chi connectivity index (χ0v) is 20.0. The molecule has 0 nitrogen and oxygen atoms in total. The van der Waals surface area contributed by atoms with Gasteiger partial charge in [0.15, 0.2) is 0 Å². The summed E-state index contributed by atoms with van der Waals surface area (Å²) in [5.74, 6) is 4.51. The fourth-order valence-electron chi connectivity index (χ4n) is 1.56. The van der Waals surface area contributed by atoms with E-state index in [0.29, 0.717) is 0 Å². The first kappa shape index (κ1) is 39.3. The Balaban J connectivity index is -0.0000000842. The normalized spacial score (nSPS) is 9.31. The van der Waals surface area contributed by atoms with Gasteiger partial charge in [0.1, 0.15) is 0 Å². The van der Waals surface area contributed by atoms with Crippen molar-refractivity contribution in [2.24, 2.45) is 0 Å². The van der Waals surface area contributed by atoms with E-state index in [0.717, 1.165) is 11.1 Å². The van der Waals surface area contributed by atoms with Crippen LogP contribution in [-0.4, -0.2) is 0 Å². The van der Waals surface area contributed by atoms with Crippen LogP contribution >= 0.6 is 0 Å². The molecule has 5 heteroatoms. The van der Waals surface area contributed by atoms with Gasteiger partial charge in [0, 0.05) is 0 Å². The first-order valence-electron chi connectivity index (χ1n) is 7.49. The maximum atomic E-state index is 6.61. The van der Waals surface area contributed by atoms with Crippen LogP contribution in [0.2, 0.25) is 0 Å². The van der Waals surface area contributed by atoms with Gasteiger partial charge in [-0.3, -0.25) is 11.8 Å². The standard InChI is InChI=1S/2C7H4.2C5H5.3Cu.2Fe/c2*1-2-7-5-3-4-6-7;2*1-2-4-5-3-1;;;;;/h2*3-6H;2*1-5H;;;;;/q2*-2;2*-1;3*+1;2*+2. The fraction of sp³-hybridized carbons (Fsp3) is 0. The van der Waals surface area contributed by atoms with E-state index < -0.39 is 0 Å². The van der Waals surface area contributed by atoms with Gasteiger partial charge in [-0.2, -0.15) is 67.4 Å². The summed E-state index contributed by atoms with van der Waals surface area (Å²) in [6, 6.07) is 24.9. The molecule has 0 spiro atoms. The van der Waals surface area contributed by atoms with Crippen molar-refractivity contribution >= 4 is 0 Å². The summed E-state index contributed by atoms with van der Waals surface area (Å²) in [6.07, 6.45) is 23.2. The van der Waals surface area contributed by atoms with Crippen molar-refractivity contribution in [2.75, 3.05) is 0 Å². The Bertz CT molecular complexity index is 601. The van der Waals surface area contributed by atoms with Crippen molar-refractivity contribution < 1.29 is 85.3 Å². The van der Waals surface area contributed by atoms with E-state index in [1.54, 1.807) is 0 Å². The van der Waals surface area contributed by atoms with E-state index in [2.05, 4.69) is 11.8 Å². The van der Waals surface area contributed by atoms with Crippen molar-refractivity contribution in [2.45, 2.75) is 0 Å². The zero-order valence-electron chi connectivity index (χ0n) is 15.0. The van der Waals surface area contributed by atoms with E-state index >= 15 is 0 Å². The molecule has 0 aliphatic heterocycles. The van der Waals surface area contributed by atoms with Crippen molar-refractivity contribution in [1.29, 1.82) is 0 Å². The first-order valence-corrected chi connectivity index (χ1v) is 7.49. The van der Waals surface area contributed by atoms with Crippen LogP contribution < -0.4 is 0 Å². The number of hydrogen-bond donors (Lipinski definition) is 0. The molecule has 3 aromatic rings. The summed E-state index contributed by atoms with van der Waals surface area (Å²) < 4.78 is 0. The molecule has 1 aliphatic carbocycles. The summed E-state index contributed by atoms with van der Waals surface area (Å²) in [7, 11) is 0. The molecule has 0 N–H and O–H groups in total. The van der Waals surface area contributed by atoms with Crippen molar-refractivity contribution in [3.8, 4) is 11.8 Å². The molecular formula is C24H18Cu3Fe2+. The van der Waals surface area contributed by atoms with Gasteiger partial charge in [-0.15, -0.1) is 11.1 Å². The fourth-order valence-corrected chi connectivity index (χ4v) is 1.56. The molecule has 0 atom stereocenters. The van der Waals surface area contributed by atoms with Gasteiger partial charge < -0.3 is 19.3 Å². The van der Waals surface area contributed by atoms with Crippen LogP contribution in [0.4, 0.5) is 0 Å². The monoisotopic (exact) mass is 607 g/mol. The van der Waals surface area contributed by atoms with Crippen molar-refractivity contribution in [3.63, 3.8) is 0 Å². The third-order valence-electron chi connectivity index (χ3n) is 2.73. The third-order valence-corrected chi connectivity index (χ3v) is 2.73. The minimum Gasteiger partial charge on any atom is -0.360 e.